The number of nitrogens with one attached hydrogen (secondary N) is 3. The van der Waals surface area contributed by atoms with E-state index in [2.05, 4.69) is 10.4 Å². The lowest BCUT2D eigenvalue weighted by molar-refractivity contribution is 0.0947. The van der Waals surface area contributed by atoms with Crippen molar-refractivity contribution in [3.8, 4) is 0 Å². The highest BCUT2D eigenvalue weighted by Crippen LogP contribution is 2.33. The molecule has 2 aromatic heterocycles. The third kappa shape index (κ3) is 3.22. The number of benzene rings is 1. The van der Waals surface area contributed by atoms with Crippen molar-refractivity contribution < 1.29 is 13.2 Å². The van der Waals surface area contributed by atoms with Gasteiger partial charge in [-0.2, -0.15) is 0 Å². The number of sulfonamides is 1. The number of hydrogen-bond donors (Lipinski definition) is 3. The number of carbonyl (C=O) groups is 1. The SMILES string of the molecule is O=C(NNS(=O)(=O)c1cc(Cl)sc1Cl)c1c[nH]c2ccccc12. The van der Waals surface area contributed by atoms with E-state index in [-0.39, 0.29) is 13.6 Å². The average molecular weight is 390 g/mol. The molecule has 0 saturated carbocycles. The maximum absolute atomic E-state index is 12.2. The van der Waals surface area contributed by atoms with Crippen LogP contribution >= 0.6 is 34.5 Å². The number of H-pyrrole nitrogens is 1. The zero-order valence-corrected chi connectivity index (χ0v) is 14.4. The molecule has 0 aliphatic rings. The monoisotopic (exact) mass is 389 g/mol. The van der Waals surface area contributed by atoms with E-state index in [0.29, 0.717) is 10.9 Å². The van der Waals surface area contributed by atoms with E-state index >= 15 is 0 Å². The second-order valence-corrected chi connectivity index (χ2v) is 8.43. The van der Waals surface area contributed by atoms with Crippen LogP contribution in [-0.2, 0) is 10.0 Å². The lowest BCUT2D eigenvalue weighted by atomic mass is 10.2. The normalized spacial score (nSPS) is 11.7. The van der Waals surface area contributed by atoms with E-state index in [4.69, 9.17) is 23.2 Å². The highest BCUT2D eigenvalue weighted by atomic mass is 35.5. The topological polar surface area (TPSA) is 91.1 Å². The Labute approximate surface area is 145 Å². The average Bonchev–Trinajstić information content (AvgIpc) is 3.08. The fraction of sp³-hybridized carbons (Fsp3) is 0. The lowest BCUT2D eigenvalue weighted by Crippen LogP contribution is -2.41. The van der Waals surface area contributed by atoms with Crippen LogP contribution in [0.15, 0.2) is 41.4 Å². The second kappa shape index (κ2) is 6.14. The van der Waals surface area contributed by atoms with Crippen LogP contribution in [0.5, 0.6) is 0 Å². The highest BCUT2D eigenvalue weighted by molar-refractivity contribution is 7.89. The van der Waals surface area contributed by atoms with Gasteiger partial charge >= 0.3 is 0 Å². The van der Waals surface area contributed by atoms with E-state index in [9.17, 15) is 13.2 Å². The number of fused-ring (bicyclic) bond motifs is 1. The Morgan fingerprint density at radius 3 is 2.65 bits per heavy atom. The predicted molar refractivity (Wildman–Crippen MR) is 90.4 cm³/mol. The molecule has 0 atom stereocenters. The Balaban J connectivity index is 1.80. The molecule has 0 bridgehead atoms. The molecule has 10 heteroatoms. The highest BCUT2D eigenvalue weighted by Gasteiger charge is 2.22. The molecule has 0 fully saturated rings. The molecule has 3 rings (SSSR count). The molecule has 1 aromatic carbocycles. The molecule has 0 spiro atoms. The van der Waals surface area contributed by atoms with Gasteiger partial charge in [-0.3, -0.25) is 10.2 Å². The minimum absolute atomic E-state index is 0.0174. The van der Waals surface area contributed by atoms with Crippen molar-refractivity contribution in [2.75, 3.05) is 0 Å². The summed E-state index contributed by atoms with van der Waals surface area (Å²) in [4.78, 5) is 16.9. The quantitative estimate of drug-likeness (QED) is 0.598. The summed E-state index contributed by atoms with van der Waals surface area (Å²) in [5.41, 5.74) is 3.25. The summed E-state index contributed by atoms with van der Waals surface area (Å²) in [7, 11) is -4.01. The van der Waals surface area contributed by atoms with Crippen LogP contribution in [-0.4, -0.2) is 19.3 Å². The largest absolute Gasteiger partial charge is 0.360 e. The summed E-state index contributed by atoms with van der Waals surface area (Å²) in [6.07, 6.45) is 1.50. The second-order valence-electron chi connectivity index (χ2n) is 4.50. The molecule has 0 saturated heterocycles. The number of amides is 1. The first-order chi connectivity index (χ1) is 10.9. The number of halogens is 2. The summed E-state index contributed by atoms with van der Waals surface area (Å²) >= 11 is 12.5. The fourth-order valence-corrected chi connectivity index (χ4v) is 4.99. The van der Waals surface area contributed by atoms with Gasteiger partial charge < -0.3 is 4.98 Å². The summed E-state index contributed by atoms with van der Waals surface area (Å²) < 4.78 is 24.5. The van der Waals surface area contributed by atoms with Crippen LogP contribution in [0.1, 0.15) is 10.4 Å². The molecular weight excluding hydrogens is 381 g/mol. The van der Waals surface area contributed by atoms with Gasteiger partial charge in [0.15, 0.2) is 0 Å². The van der Waals surface area contributed by atoms with Crippen molar-refractivity contribution in [2.24, 2.45) is 0 Å². The van der Waals surface area contributed by atoms with Gasteiger partial charge in [-0.1, -0.05) is 41.4 Å². The van der Waals surface area contributed by atoms with Crippen LogP contribution in [0.25, 0.3) is 10.9 Å². The Morgan fingerprint density at radius 2 is 1.96 bits per heavy atom. The standard InChI is InChI=1S/C13H9Cl2N3O3S2/c14-11-5-10(12(15)22-11)23(20,21)18-17-13(19)8-6-16-9-4-2-1-3-7(8)9/h1-6,16,18H,(H,17,19). The van der Waals surface area contributed by atoms with E-state index in [1.54, 1.807) is 12.1 Å². The number of carbonyl (C=O) groups excluding carboxylic acids is 1. The molecule has 0 aliphatic carbocycles. The van der Waals surface area contributed by atoms with Crippen molar-refractivity contribution in [3.05, 3.63) is 50.8 Å². The third-order valence-electron chi connectivity index (χ3n) is 3.05. The molecule has 6 nitrogen and oxygen atoms in total. The number of hydrogen-bond acceptors (Lipinski definition) is 4. The molecule has 1 amide bonds. The maximum Gasteiger partial charge on any atom is 0.268 e. The molecule has 120 valence electrons. The maximum atomic E-state index is 12.2. The van der Waals surface area contributed by atoms with Crippen LogP contribution in [0.4, 0.5) is 0 Å². The zero-order valence-electron chi connectivity index (χ0n) is 11.3. The van der Waals surface area contributed by atoms with Crippen molar-refractivity contribution in [1.82, 2.24) is 15.2 Å². The van der Waals surface area contributed by atoms with E-state index < -0.39 is 15.9 Å². The van der Waals surface area contributed by atoms with Crippen LogP contribution in [0, 0.1) is 0 Å². The van der Waals surface area contributed by atoms with E-state index in [1.807, 2.05) is 17.0 Å². The van der Waals surface area contributed by atoms with Gasteiger partial charge in [0.2, 0.25) is 0 Å². The van der Waals surface area contributed by atoms with Crippen molar-refractivity contribution in [3.63, 3.8) is 0 Å². The molecule has 0 unspecified atom stereocenters. The first kappa shape index (κ1) is 16.3. The van der Waals surface area contributed by atoms with Gasteiger partial charge in [0.25, 0.3) is 15.9 Å². The van der Waals surface area contributed by atoms with Crippen LogP contribution < -0.4 is 10.3 Å². The van der Waals surface area contributed by atoms with Crippen LogP contribution in [0.2, 0.25) is 8.67 Å². The number of para-hydroxylation sites is 1. The minimum atomic E-state index is -4.01. The van der Waals surface area contributed by atoms with Crippen molar-refractivity contribution in [2.45, 2.75) is 4.90 Å². The first-order valence-electron chi connectivity index (χ1n) is 6.21. The van der Waals surface area contributed by atoms with Gasteiger partial charge in [-0.25, -0.2) is 8.42 Å². The first-order valence-corrected chi connectivity index (χ1v) is 9.27. The van der Waals surface area contributed by atoms with E-state index in [1.165, 1.54) is 12.3 Å². The molecular formula is C13H9Cl2N3O3S2. The number of aromatic nitrogens is 1. The third-order valence-corrected chi connectivity index (χ3v) is 6.05. The fourth-order valence-electron chi connectivity index (χ4n) is 2.00. The smallest absolute Gasteiger partial charge is 0.268 e. The summed E-state index contributed by atoms with van der Waals surface area (Å²) in [6.45, 7) is 0. The molecule has 23 heavy (non-hydrogen) atoms. The summed E-state index contributed by atoms with van der Waals surface area (Å²) in [5.74, 6) is -0.594. The summed E-state index contributed by atoms with van der Waals surface area (Å²) in [6, 6.07) is 8.39. The lowest BCUT2D eigenvalue weighted by Gasteiger charge is -2.07. The number of thiophene rings is 1. The van der Waals surface area contributed by atoms with Gasteiger partial charge in [0.05, 0.1) is 9.90 Å². The van der Waals surface area contributed by atoms with Crippen LogP contribution in [0.3, 0.4) is 0 Å². The minimum Gasteiger partial charge on any atom is -0.360 e. The van der Waals surface area contributed by atoms with E-state index in [0.717, 1.165) is 16.9 Å². The van der Waals surface area contributed by atoms with Crippen molar-refractivity contribution >= 4 is 61.4 Å². The summed E-state index contributed by atoms with van der Waals surface area (Å²) in [5, 5.41) is 0.681. The van der Waals surface area contributed by atoms with Gasteiger partial charge in [0.1, 0.15) is 9.23 Å². The molecule has 3 aromatic rings. The Kier molecular flexibility index (Phi) is 4.35. The Bertz CT molecular complexity index is 995. The molecule has 3 N–H and O–H groups in total. The predicted octanol–water partition coefficient (Wildman–Crippen LogP) is 3.16. The van der Waals surface area contributed by atoms with Crippen molar-refractivity contribution in [1.29, 1.82) is 0 Å². The number of aromatic amines is 1. The number of hydrazine groups is 1. The molecule has 2 heterocycles. The molecule has 0 aliphatic heterocycles. The molecule has 0 radical (unpaired) electrons. The Hall–Kier alpha value is -1.58. The van der Waals surface area contributed by atoms with Gasteiger partial charge in [-0.15, -0.1) is 16.2 Å². The van der Waals surface area contributed by atoms with Gasteiger partial charge in [-0.05, 0) is 12.1 Å². The Morgan fingerprint density at radius 1 is 1.22 bits per heavy atom. The zero-order chi connectivity index (χ0) is 16.6. The number of rotatable bonds is 4. The van der Waals surface area contributed by atoms with Gasteiger partial charge in [0, 0.05) is 17.1 Å².